The summed E-state index contributed by atoms with van der Waals surface area (Å²) in [6.07, 6.45) is 6.00. The smallest absolute Gasteiger partial charge is 0.251 e. The highest BCUT2D eigenvalue weighted by Gasteiger charge is 2.32. The van der Waals surface area contributed by atoms with Gasteiger partial charge in [-0.15, -0.1) is 0 Å². The zero-order valence-corrected chi connectivity index (χ0v) is 11.2. The molecule has 1 aliphatic carbocycles. The molecule has 2 N–H and O–H groups in total. The molecule has 1 fully saturated rings. The molecule has 0 atom stereocenters. The van der Waals surface area contributed by atoms with Gasteiger partial charge in [0.2, 0.25) is 0 Å². The summed E-state index contributed by atoms with van der Waals surface area (Å²) in [7, 11) is 1.51. The van der Waals surface area contributed by atoms with Crippen molar-refractivity contribution in [1.29, 1.82) is 0 Å². The van der Waals surface area contributed by atoms with Crippen LogP contribution >= 0.6 is 0 Å². The van der Waals surface area contributed by atoms with Crippen LogP contribution < -0.4 is 5.32 Å². The lowest BCUT2D eigenvalue weighted by atomic mass is 9.94. The van der Waals surface area contributed by atoms with Gasteiger partial charge in [0.25, 0.3) is 5.91 Å². The topological polar surface area (TPSA) is 58.6 Å². The summed E-state index contributed by atoms with van der Waals surface area (Å²) < 4.78 is 5.10. The van der Waals surface area contributed by atoms with E-state index in [9.17, 15) is 9.90 Å². The molecule has 1 rings (SSSR count). The highest BCUT2D eigenvalue weighted by Crippen LogP contribution is 2.26. The van der Waals surface area contributed by atoms with E-state index >= 15 is 0 Å². The van der Waals surface area contributed by atoms with E-state index in [-0.39, 0.29) is 5.91 Å². The number of ether oxygens (including phenoxy) is 1. The number of amides is 1. The van der Waals surface area contributed by atoms with Crippen LogP contribution in [0.15, 0.2) is 0 Å². The molecule has 0 aliphatic heterocycles. The van der Waals surface area contributed by atoms with Gasteiger partial charge >= 0.3 is 0 Å². The van der Waals surface area contributed by atoms with Crippen LogP contribution in [0, 0.1) is 0 Å². The summed E-state index contributed by atoms with van der Waals surface area (Å²) >= 11 is 0. The number of hydrogen-bond donors (Lipinski definition) is 2. The molecule has 0 aromatic rings. The quantitative estimate of drug-likeness (QED) is 0.738. The minimum atomic E-state index is -0.832. The summed E-state index contributed by atoms with van der Waals surface area (Å²) in [5.41, 5.74) is -1.56. The van der Waals surface area contributed by atoms with E-state index in [0.717, 1.165) is 25.7 Å². The fourth-order valence-corrected chi connectivity index (χ4v) is 2.11. The first-order chi connectivity index (χ1) is 7.90. The van der Waals surface area contributed by atoms with E-state index in [1.807, 2.05) is 0 Å². The molecule has 0 aromatic heterocycles. The van der Waals surface area contributed by atoms with Crippen molar-refractivity contribution >= 4 is 5.91 Å². The Morgan fingerprint density at radius 2 is 1.82 bits per heavy atom. The number of carbonyl (C=O) groups excluding carboxylic acids is 1. The largest absolute Gasteiger partial charge is 0.388 e. The van der Waals surface area contributed by atoms with Crippen LogP contribution in [0.4, 0.5) is 0 Å². The Hall–Kier alpha value is -0.610. The molecule has 0 radical (unpaired) electrons. The zero-order chi connectivity index (χ0) is 12.9. The van der Waals surface area contributed by atoms with E-state index in [1.54, 1.807) is 13.8 Å². The second-order valence-corrected chi connectivity index (χ2v) is 5.54. The lowest BCUT2D eigenvalue weighted by Gasteiger charge is -2.29. The Bertz CT molecular complexity index is 255. The van der Waals surface area contributed by atoms with Gasteiger partial charge in [-0.2, -0.15) is 0 Å². The Labute approximate surface area is 104 Å². The average molecular weight is 243 g/mol. The molecule has 0 spiro atoms. The third-order valence-electron chi connectivity index (χ3n) is 3.67. The minimum Gasteiger partial charge on any atom is -0.388 e. The van der Waals surface area contributed by atoms with Gasteiger partial charge < -0.3 is 15.2 Å². The maximum absolute atomic E-state index is 11.8. The maximum atomic E-state index is 11.8. The fourth-order valence-electron chi connectivity index (χ4n) is 2.11. The second-order valence-electron chi connectivity index (χ2n) is 5.54. The molecule has 0 aromatic carbocycles. The van der Waals surface area contributed by atoms with Crippen molar-refractivity contribution in [3.8, 4) is 0 Å². The molecule has 1 aliphatic rings. The van der Waals surface area contributed by atoms with E-state index in [0.29, 0.717) is 6.54 Å². The lowest BCUT2D eigenvalue weighted by Crippen LogP contribution is -2.49. The highest BCUT2D eigenvalue weighted by atomic mass is 16.5. The summed E-state index contributed by atoms with van der Waals surface area (Å²) in [5, 5.41) is 13.2. The van der Waals surface area contributed by atoms with Crippen molar-refractivity contribution in [3.05, 3.63) is 0 Å². The van der Waals surface area contributed by atoms with Crippen LogP contribution in [0.3, 0.4) is 0 Å². The first-order valence-electron chi connectivity index (χ1n) is 6.45. The van der Waals surface area contributed by atoms with Gasteiger partial charge in [0, 0.05) is 13.7 Å². The van der Waals surface area contributed by atoms with Gasteiger partial charge in [-0.05, 0) is 26.7 Å². The molecule has 4 heteroatoms. The van der Waals surface area contributed by atoms with Crippen molar-refractivity contribution in [3.63, 3.8) is 0 Å². The van der Waals surface area contributed by atoms with Crippen molar-refractivity contribution in [2.75, 3.05) is 13.7 Å². The first kappa shape index (κ1) is 14.5. The van der Waals surface area contributed by atoms with Gasteiger partial charge in [-0.3, -0.25) is 4.79 Å². The number of hydrogen-bond acceptors (Lipinski definition) is 3. The molecule has 100 valence electrons. The Balaban J connectivity index is 2.46. The van der Waals surface area contributed by atoms with E-state index < -0.39 is 11.2 Å². The molecule has 1 saturated carbocycles. The molecule has 0 heterocycles. The summed E-state index contributed by atoms with van der Waals surface area (Å²) in [4.78, 5) is 11.8. The molecule has 4 nitrogen and oxygen atoms in total. The Morgan fingerprint density at radius 1 is 1.29 bits per heavy atom. The van der Waals surface area contributed by atoms with Gasteiger partial charge in [0.1, 0.15) is 5.60 Å². The number of aliphatic hydroxyl groups is 1. The number of rotatable bonds is 4. The van der Waals surface area contributed by atoms with Crippen molar-refractivity contribution in [2.45, 2.75) is 63.6 Å². The second kappa shape index (κ2) is 5.83. The van der Waals surface area contributed by atoms with E-state index in [4.69, 9.17) is 4.74 Å². The van der Waals surface area contributed by atoms with Crippen LogP contribution in [0.1, 0.15) is 52.4 Å². The first-order valence-corrected chi connectivity index (χ1v) is 6.45. The molecule has 0 unspecified atom stereocenters. The highest BCUT2D eigenvalue weighted by molar-refractivity contribution is 5.84. The SMILES string of the molecule is COC(C)(C)C(=O)NCC1(O)CCCCCC1. The fraction of sp³-hybridized carbons (Fsp3) is 0.923. The molecular weight excluding hydrogens is 218 g/mol. The zero-order valence-electron chi connectivity index (χ0n) is 11.2. The van der Waals surface area contributed by atoms with Crippen molar-refractivity contribution < 1.29 is 14.6 Å². The number of nitrogens with one attached hydrogen (secondary N) is 1. The molecule has 0 saturated heterocycles. The standard InChI is InChI=1S/C13H25NO3/c1-12(2,17-3)11(15)14-10-13(16)8-6-4-5-7-9-13/h16H,4-10H2,1-3H3,(H,14,15). The van der Waals surface area contributed by atoms with Crippen LogP contribution in [-0.2, 0) is 9.53 Å². The van der Waals surface area contributed by atoms with Crippen LogP contribution in [0.2, 0.25) is 0 Å². The molecule has 0 bridgehead atoms. The monoisotopic (exact) mass is 243 g/mol. The Kier molecular flexibility index (Phi) is 4.95. The van der Waals surface area contributed by atoms with E-state index in [1.165, 1.54) is 20.0 Å². The summed E-state index contributed by atoms with van der Waals surface area (Å²) in [6.45, 7) is 3.78. The molecule has 17 heavy (non-hydrogen) atoms. The predicted octanol–water partition coefficient (Wildman–Crippen LogP) is 1.61. The molecular formula is C13H25NO3. The lowest BCUT2D eigenvalue weighted by molar-refractivity contribution is -0.140. The number of carbonyl (C=O) groups is 1. The van der Waals surface area contributed by atoms with Crippen LogP contribution in [-0.4, -0.2) is 35.9 Å². The maximum Gasteiger partial charge on any atom is 0.251 e. The van der Waals surface area contributed by atoms with Crippen LogP contribution in [0.25, 0.3) is 0 Å². The van der Waals surface area contributed by atoms with Gasteiger partial charge in [-0.1, -0.05) is 25.7 Å². The van der Waals surface area contributed by atoms with Crippen molar-refractivity contribution in [2.24, 2.45) is 0 Å². The minimum absolute atomic E-state index is 0.169. The van der Waals surface area contributed by atoms with Crippen molar-refractivity contribution in [1.82, 2.24) is 5.32 Å². The van der Waals surface area contributed by atoms with Crippen LogP contribution in [0.5, 0.6) is 0 Å². The van der Waals surface area contributed by atoms with Gasteiger partial charge in [0.05, 0.1) is 5.60 Å². The summed E-state index contributed by atoms with van der Waals surface area (Å²) in [5.74, 6) is -0.169. The third kappa shape index (κ3) is 4.28. The Morgan fingerprint density at radius 3 is 2.29 bits per heavy atom. The van der Waals surface area contributed by atoms with E-state index in [2.05, 4.69) is 5.32 Å². The predicted molar refractivity (Wildman–Crippen MR) is 66.7 cm³/mol. The third-order valence-corrected chi connectivity index (χ3v) is 3.67. The van der Waals surface area contributed by atoms with Gasteiger partial charge in [-0.25, -0.2) is 0 Å². The summed E-state index contributed by atoms with van der Waals surface area (Å²) in [6, 6.07) is 0. The average Bonchev–Trinajstić information content (AvgIpc) is 2.51. The number of methoxy groups -OCH3 is 1. The van der Waals surface area contributed by atoms with Gasteiger partial charge in [0.15, 0.2) is 0 Å². The normalized spacial score (nSPS) is 20.7. The molecule has 1 amide bonds.